The van der Waals surface area contributed by atoms with E-state index in [0.29, 0.717) is 27.4 Å². The van der Waals surface area contributed by atoms with Crippen molar-refractivity contribution >= 4 is 38.8 Å². The standard InChI is InChI=1S/C23H20ClNO4S/c1-2-30(28,29)19-11-8-16(9-12-19)14-22(26)25-21-13-10-18(24)15-20(21)23(27)17-6-4-3-5-7-17/h3-13,15H,2,14H2,1H3,(H,25,26). The van der Waals surface area contributed by atoms with Crippen LogP contribution in [-0.2, 0) is 21.1 Å². The molecule has 1 N–H and O–H groups in total. The van der Waals surface area contributed by atoms with Gasteiger partial charge in [-0.25, -0.2) is 8.42 Å². The smallest absolute Gasteiger partial charge is 0.228 e. The highest BCUT2D eigenvalue weighted by molar-refractivity contribution is 7.91. The number of carbonyl (C=O) groups is 2. The zero-order valence-electron chi connectivity index (χ0n) is 16.3. The first-order chi connectivity index (χ1) is 14.3. The van der Waals surface area contributed by atoms with E-state index in [1.165, 1.54) is 18.2 Å². The highest BCUT2D eigenvalue weighted by Gasteiger charge is 2.17. The zero-order valence-corrected chi connectivity index (χ0v) is 17.8. The van der Waals surface area contributed by atoms with Crippen LogP contribution in [0, 0.1) is 0 Å². The second-order valence-electron chi connectivity index (χ2n) is 6.66. The van der Waals surface area contributed by atoms with Crippen LogP contribution in [0.25, 0.3) is 0 Å². The lowest BCUT2D eigenvalue weighted by Crippen LogP contribution is -2.17. The van der Waals surface area contributed by atoms with Crippen LogP contribution in [0.15, 0.2) is 77.7 Å². The zero-order chi connectivity index (χ0) is 21.7. The van der Waals surface area contributed by atoms with E-state index in [-0.39, 0.29) is 28.8 Å². The Morgan fingerprint density at radius 2 is 1.60 bits per heavy atom. The molecule has 154 valence electrons. The maximum absolute atomic E-state index is 12.9. The fourth-order valence-electron chi connectivity index (χ4n) is 2.92. The van der Waals surface area contributed by atoms with Crippen molar-refractivity contribution in [3.63, 3.8) is 0 Å². The lowest BCUT2D eigenvalue weighted by atomic mass is 10.0. The molecule has 0 saturated heterocycles. The van der Waals surface area contributed by atoms with Crippen molar-refractivity contribution in [2.24, 2.45) is 0 Å². The SMILES string of the molecule is CCS(=O)(=O)c1ccc(CC(=O)Nc2ccc(Cl)cc2C(=O)c2ccccc2)cc1. The van der Waals surface area contributed by atoms with E-state index in [9.17, 15) is 18.0 Å². The first-order valence-electron chi connectivity index (χ1n) is 9.31. The summed E-state index contributed by atoms with van der Waals surface area (Å²) in [6.07, 6.45) is 0.0358. The van der Waals surface area contributed by atoms with Gasteiger partial charge in [0.15, 0.2) is 15.6 Å². The van der Waals surface area contributed by atoms with Crippen LogP contribution in [0.4, 0.5) is 5.69 Å². The van der Waals surface area contributed by atoms with Gasteiger partial charge in [-0.1, -0.05) is 61.0 Å². The van der Waals surface area contributed by atoms with Crippen LogP contribution in [-0.4, -0.2) is 25.9 Å². The molecule has 0 aliphatic rings. The number of nitrogens with one attached hydrogen (secondary N) is 1. The molecule has 3 aromatic rings. The van der Waals surface area contributed by atoms with E-state index >= 15 is 0 Å². The molecule has 3 aromatic carbocycles. The first-order valence-corrected chi connectivity index (χ1v) is 11.3. The quantitative estimate of drug-likeness (QED) is 0.545. The summed E-state index contributed by atoms with van der Waals surface area (Å²) in [7, 11) is -3.29. The molecule has 0 spiro atoms. The second kappa shape index (κ2) is 9.24. The summed E-state index contributed by atoms with van der Waals surface area (Å²) in [5.41, 5.74) is 1.81. The normalized spacial score (nSPS) is 11.1. The summed E-state index contributed by atoms with van der Waals surface area (Å²) < 4.78 is 23.8. The Morgan fingerprint density at radius 3 is 2.23 bits per heavy atom. The molecule has 0 radical (unpaired) electrons. The Balaban J connectivity index is 1.78. The maximum atomic E-state index is 12.9. The van der Waals surface area contributed by atoms with Gasteiger partial charge in [-0.2, -0.15) is 0 Å². The summed E-state index contributed by atoms with van der Waals surface area (Å²) in [4.78, 5) is 25.6. The van der Waals surface area contributed by atoms with Crippen LogP contribution in [0.1, 0.15) is 28.4 Å². The average molecular weight is 442 g/mol. The summed E-state index contributed by atoms with van der Waals surface area (Å²) in [6.45, 7) is 1.58. The fourth-order valence-corrected chi connectivity index (χ4v) is 3.98. The van der Waals surface area contributed by atoms with Gasteiger partial charge < -0.3 is 5.32 Å². The van der Waals surface area contributed by atoms with Crippen LogP contribution >= 0.6 is 11.6 Å². The minimum Gasteiger partial charge on any atom is -0.325 e. The second-order valence-corrected chi connectivity index (χ2v) is 9.37. The van der Waals surface area contributed by atoms with Gasteiger partial charge in [0, 0.05) is 16.1 Å². The molecule has 0 unspecified atom stereocenters. The summed E-state index contributed by atoms with van der Waals surface area (Å²) >= 11 is 6.06. The third-order valence-electron chi connectivity index (χ3n) is 4.56. The monoisotopic (exact) mass is 441 g/mol. The van der Waals surface area contributed by atoms with Crippen molar-refractivity contribution in [2.75, 3.05) is 11.1 Å². The maximum Gasteiger partial charge on any atom is 0.228 e. The molecule has 3 rings (SSSR count). The van der Waals surface area contributed by atoms with E-state index in [0.717, 1.165) is 0 Å². The number of sulfone groups is 1. The molecule has 0 saturated carbocycles. The Hall–Kier alpha value is -2.96. The predicted octanol–water partition coefficient (Wildman–Crippen LogP) is 4.55. The van der Waals surface area contributed by atoms with E-state index in [1.807, 2.05) is 6.07 Å². The molecule has 1 amide bonds. The number of carbonyl (C=O) groups excluding carboxylic acids is 2. The van der Waals surface area contributed by atoms with Crippen molar-refractivity contribution in [2.45, 2.75) is 18.2 Å². The van der Waals surface area contributed by atoms with Gasteiger partial charge in [0.05, 0.1) is 22.8 Å². The minimum atomic E-state index is -3.29. The molecule has 7 heteroatoms. The van der Waals surface area contributed by atoms with Crippen LogP contribution < -0.4 is 5.32 Å². The Kier molecular flexibility index (Phi) is 6.70. The van der Waals surface area contributed by atoms with E-state index in [2.05, 4.69) is 5.32 Å². The average Bonchev–Trinajstić information content (AvgIpc) is 2.75. The molecule has 0 aliphatic carbocycles. The van der Waals surface area contributed by atoms with Crippen molar-refractivity contribution in [3.8, 4) is 0 Å². The highest BCUT2D eigenvalue weighted by atomic mass is 35.5. The third-order valence-corrected chi connectivity index (χ3v) is 6.55. The van der Waals surface area contributed by atoms with E-state index in [4.69, 9.17) is 11.6 Å². The number of halogens is 1. The van der Waals surface area contributed by atoms with Gasteiger partial charge in [0.25, 0.3) is 0 Å². The largest absolute Gasteiger partial charge is 0.325 e. The van der Waals surface area contributed by atoms with Crippen molar-refractivity contribution < 1.29 is 18.0 Å². The summed E-state index contributed by atoms with van der Waals surface area (Å²) in [6, 6.07) is 19.7. The Labute approximate surface area is 180 Å². The summed E-state index contributed by atoms with van der Waals surface area (Å²) in [5, 5.41) is 3.15. The topological polar surface area (TPSA) is 80.3 Å². The number of anilines is 1. The molecule has 0 fully saturated rings. The molecule has 0 atom stereocenters. The van der Waals surface area contributed by atoms with Crippen LogP contribution in [0.5, 0.6) is 0 Å². The van der Waals surface area contributed by atoms with Gasteiger partial charge in [-0.05, 0) is 35.9 Å². The van der Waals surface area contributed by atoms with Gasteiger partial charge in [-0.15, -0.1) is 0 Å². The van der Waals surface area contributed by atoms with E-state index in [1.54, 1.807) is 55.5 Å². The predicted molar refractivity (Wildman–Crippen MR) is 118 cm³/mol. The molecular weight excluding hydrogens is 422 g/mol. The summed E-state index contributed by atoms with van der Waals surface area (Å²) in [5.74, 6) is -0.560. The number of hydrogen-bond donors (Lipinski definition) is 1. The van der Waals surface area contributed by atoms with Crippen LogP contribution in [0.2, 0.25) is 5.02 Å². The fraction of sp³-hybridized carbons (Fsp3) is 0.130. The highest BCUT2D eigenvalue weighted by Crippen LogP contribution is 2.24. The van der Waals surface area contributed by atoms with Crippen LogP contribution in [0.3, 0.4) is 0 Å². The molecule has 0 heterocycles. The van der Waals surface area contributed by atoms with Gasteiger partial charge in [-0.3, -0.25) is 9.59 Å². The molecule has 0 aliphatic heterocycles. The third kappa shape index (κ3) is 5.14. The van der Waals surface area contributed by atoms with Crippen molar-refractivity contribution in [3.05, 3.63) is 94.5 Å². The lowest BCUT2D eigenvalue weighted by molar-refractivity contribution is -0.115. The Morgan fingerprint density at radius 1 is 0.933 bits per heavy atom. The number of hydrogen-bond acceptors (Lipinski definition) is 4. The Bertz CT molecular complexity index is 1170. The molecule has 5 nitrogen and oxygen atoms in total. The van der Waals surface area contributed by atoms with Crippen molar-refractivity contribution in [1.29, 1.82) is 0 Å². The molecular formula is C23H20ClNO4S. The number of ketones is 1. The van der Waals surface area contributed by atoms with E-state index < -0.39 is 9.84 Å². The van der Waals surface area contributed by atoms with Gasteiger partial charge >= 0.3 is 0 Å². The van der Waals surface area contributed by atoms with Crippen molar-refractivity contribution in [1.82, 2.24) is 0 Å². The van der Waals surface area contributed by atoms with Gasteiger partial charge in [0.1, 0.15) is 0 Å². The molecule has 0 bridgehead atoms. The first kappa shape index (κ1) is 21.7. The van der Waals surface area contributed by atoms with Gasteiger partial charge in [0.2, 0.25) is 5.91 Å². The lowest BCUT2D eigenvalue weighted by Gasteiger charge is -2.11. The number of amides is 1. The molecule has 0 aromatic heterocycles. The minimum absolute atomic E-state index is 0.0155. The number of benzene rings is 3. The number of rotatable bonds is 7. The molecule has 30 heavy (non-hydrogen) atoms.